The summed E-state index contributed by atoms with van der Waals surface area (Å²) in [6.45, 7) is 4.78. The van der Waals surface area contributed by atoms with Gasteiger partial charge in [-0.1, -0.05) is 29.3 Å². The van der Waals surface area contributed by atoms with Gasteiger partial charge in [-0.25, -0.2) is 4.98 Å². The number of nitrogens with zero attached hydrogens (tertiary/aromatic N) is 2. The number of rotatable bonds is 5. The number of anilines is 1. The number of aliphatic carboxylic acids is 1. The Morgan fingerprint density at radius 2 is 2.03 bits per heavy atom. The number of benzene rings is 1. The summed E-state index contributed by atoms with van der Waals surface area (Å²) in [6.07, 6.45) is 3.45. The average Bonchev–Trinajstić information content (AvgIpc) is 3.19. The lowest BCUT2D eigenvalue weighted by molar-refractivity contribution is -0.142. The lowest BCUT2D eigenvalue weighted by Crippen LogP contribution is -2.39. The minimum Gasteiger partial charge on any atom is -0.485 e. The number of nitrogens with one attached hydrogen (secondary N) is 1. The summed E-state index contributed by atoms with van der Waals surface area (Å²) in [7, 11) is 0. The summed E-state index contributed by atoms with van der Waals surface area (Å²) in [5, 5.41) is 13.7. The van der Waals surface area contributed by atoms with E-state index in [4.69, 9.17) is 27.9 Å². The monoisotopic (exact) mass is 449 g/mol. The third-order valence-corrected chi connectivity index (χ3v) is 6.46. The molecule has 0 bridgehead atoms. The highest BCUT2D eigenvalue weighted by atomic mass is 35.5. The van der Waals surface area contributed by atoms with Crippen LogP contribution in [0.4, 0.5) is 5.82 Å². The number of carbonyl (C=O) groups is 1. The molecule has 0 radical (unpaired) electrons. The molecule has 3 atom stereocenters. The van der Waals surface area contributed by atoms with Crippen LogP contribution in [0.2, 0.25) is 10.0 Å². The van der Waals surface area contributed by atoms with Crippen molar-refractivity contribution in [3.05, 3.63) is 51.6 Å². The number of aromatic nitrogens is 1. The van der Waals surface area contributed by atoms with Crippen molar-refractivity contribution in [1.82, 2.24) is 10.3 Å². The molecule has 2 N–H and O–H groups in total. The van der Waals surface area contributed by atoms with Gasteiger partial charge >= 0.3 is 5.97 Å². The van der Waals surface area contributed by atoms with E-state index >= 15 is 0 Å². The lowest BCUT2D eigenvalue weighted by atomic mass is 9.82. The molecule has 2 aliphatic heterocycles. The molecule has 2 aromatic rings. The van der Waals surface area contributed by atoms with Gasteiger partial charge in [0.25, 0.3) is 0 Å². The second-order valence-electron chi connectivity index (χ2n) is 8.03. The van der Waals surface area contributed by atoms with Gasteiger partial charge < -0.3 is 20.1 Å². The summed E-state index contributed by atoms with van der Waals surface area (Å²) in [6, 6.07) is 7.68. The first-order valence-corrected chi connectivity index (χ1v) is 10.9. The van der Waals surface area contributed by atoms with E-state index in [1.807, 2.05) is 37.4 Å². The molecule has 0 aliphatic carbocycles. The van der Waals surface area contributed by atoms with Crippen molar-refractivity contribution in [2.45, 2.75) is 31.8 Å². The molecular formula is C22H25Cl2N3O3. The van der Waals surface area contributed by atoms with Crippen molar-refractivity contribution in [3.8, 4) is 5.75 Å². The predicted octanol–water partition coefficient (Wildman–Crippen LogP) is 4.13. The first-order valence-electron chi connectivity index (χ1n) is 10.2. The van der Waals surface area contributed by atoms with Crippen LogP contribution in [0.3, 0.4) is 0 Å². The summed E-state index contributed by atoms with van der Waals surface area (Å²) < 4.78 is 6.10. The minimum atomic E-state index is -0.760. The standard InChI is InChI=1S/C22H25Cl2N3O3/c1-13-8-18(23)21(19(24)9-13)30-15-5-7-27(12-15)20-3-2-14(10-26-20)16-4-6-25-11-17(16)22(28)29/h2-3,8-10,15-17,25H,4-7,11-12H2,1H3,(H,28,29)/t15-,16+,17-/m0/s1. The van der Waals surface area contributed by atoms with E-state index in [1.165, 1.54) is 0 Å². The van der Waals surface area contributed by atoms with Crippen LogP contribution in [-0.2, 0) is 4.79 Å². The zero-order valence-corrected chi connectivity index (χ0v) is 18.3. The van der Waals surface area contributed by atoms with Gasteiger partial charge in [-0.05, 0) is 49.2 Å². The fourth-order valence-corrected chi connectivity index (χ4v) is 5.00. The van der Waals surface area contributed by atoms with Crippen molar-refractivity contribution in [2.24, 2.45) is 5.92 Å². The number of piperidine rings is 1. The largest absolute Gasteiger partial charge is 0.485 e. The topological polar surface area (TPSA) is 74.7 Å². The van der Waals surface area contributed by atoms with Crippen LogP contribution in [0.15, 0.2) is 30.5 Å². The van der Waals surface area contributed by atoms with Crippen molar-refractivity contribution < 1.29 is 14.6 Å². The molecule has 0 amide bonds. The van der Waals surface area contributed by atoms with Crippen molar-refractivity contribution in [1.29, 1.82) is 0 Å². The highest BCUT2D eigenvalue weighted by Gasteiger charge is 2.32. The molecule has 6 nitrogen and oxygen atoms in total. The van der Waals surface area contributed by atoms with E-state index in [2.05, 4.69) is 15.2 Å². The Hall–Kier alpha value is -2.02. The smallest absolute Gasteiger partial charge is 0.308 e. The third-order valence-electron chi connectivity index (χ3n) is 5.89. The van der Waals surface area contributed by atoms with Crippen molar-refractivity contribution in [3.63, 3.8) is 0 Å². The number of ether oxygens (including phenoxy) is 1. The summed E-state index contributed by atoms with van der Waals surface area (Å²) >= 11 is 12.6. The van der Waals surface area contributed by atoms with Crippen LogP contribution in [0.5, 0.6) is 5.75 Å². The number of pyridine rings is 1. The summed E-state index contributed by atoms with van der Waals surface area (Å²) in [4.78, 5) is 18.4. The molecule has 160 valence electrons. The van der Waals surface area contributed by atoms with Gasteiger partial charge in [-0.15, -0.1) is 0 Å². The number of carboxylic acids is 1. The minimum absolute atomic E-state index is 0.00854. The molecule has 2 fully saturated rings. The molecule has 1 aromatic carbocycles. The van der Waals surface area contributed by atoms with E-state index in [0.29, 0.717) is 28.9 Å². The maximum atomic E-state index is 11.6. The Morgan fingerprint density at radius 1 is 1.27 bits per heavy atom. The van der Waals surface area contributed by atoms with Gasteiger partial charge in [-0.2, -0.15) is 0 Å². The van der Waals surface area contributed by atoms with Crippen LogP contribution < -0.4 is 15.0 Å². The molecule has 0 saturated carbocycles. The first kappa shape index (κ1) is 21.2. The fraction of sp³-hybridized carbons (Fsp3) is 0.455. The van der Waals surface area contributed by atoms with E-state index in [-0.39, 0.29) is 12.0 Å². The second kappa shape index (κ2) is 9.00. The zero-order valence-electron chi connectivity index (χ0n) is 16.8. The molecule has 2 saturated heterocycles. The molecule has 0 spiro atoms. The molecule has 30 heavy (non-hydrogen) atoms. The second-order valence-corrected chi connectivity index (χ2v) is 8.84. The van der Waals surface area contributed by atoms with Crippen molar-refractivity contribution >= 4 is 35.0 Å². The van der Waals surface area contributed by atoms with Crippen LogP contribution in [-0.4, -0.2) is 48.3 Å². The number of halogens is 2. The normalized spacial score (nSPS) is 24.1. The SMILES string of the molecule is Cc1cc(Cl)c(O[C@H]2CCN(c3ccc([C@H]4CCNC[C@@H]4C(=O)O)cn3)C2)c(Cl)c1. The first-order chi connectivity index (χ1) is 14.4. The maximum Gasteiger partial charge on any atom is 0.308 e. The zero-order chi connectivity index (χ0) is 21.3. The Labute approximate surface area is 186 Å². The number of carboxylic acid groups (broad SMARTS) is 1. The molecule has 4 rings (SSSR count). The number of aryl methyl sites for hydroxylation is 1. The summed E-state index contributed by atoms with van der Waals surface area (Å²) in [5.74, 6) is 0.214. The molecule has 8 heteroatoms. The van der Waals surface area contributed by atoms with E-state index in [9.17, 15) is 9.90 Å². The van der Waals surface area contributed by atoms with Crippen LogP contribution in [0.1, 0.15) is 29.9 Å². The Kier molecular flexibility index (Phi) is 6.37. The van der Waals surface area contributed by atoms with Gasteiger partial charge in [-0.3, -0.25) is 4.79 Å². The molecule has 1 aromatic heterocycles. The molecular weight excluding hydrogens is 425 g/mol. The average molecular weight is 450 g/mol. The maximum absolute atomic E-state index is 11.6. The third kappa shape index (κ3) is 4.51. The Bertz CT molecular complexity index is 899. The number of hydrogen-bond acceptors (Lipinski definition) is 5. The highest BCUT2D eigenvalue weighted by molar-refractivity contribution is 6.37. The summed E-state index contributed by atoms with van der Waals surface area (Å²) in [5.41, 5.74) is 1.98. The van der Waals surface area contributed by atoms with E-state index in [0.717, 1.165) is 42.9 Å². The van der Waals surface area contributed by atoms with Gasteiger partial charge in [0.1, 0.15) is 11.9 Å². The highest BCUT2D eigenvalue weighted by Crippen LogP contribution is 2.36. The van der Waals surface area contributed by atoms with E-state index in [1.54, 1.807) is 0 Å². The Balaban J connectivity index is 1.42. The van der Waals surface area contributed by atoms with Crippen LogP contribution >= 0.6 is 23.2 Å². The molecule has 3 heterocycles. The predicted molar refractivity (Wildman–Crippen MR) is 118 cm³/mol. The van der Waals surface area contributed by atoms with E-state index < -0.39 is 11.9 Å². The van der Waals surface area contributed by atoms with Gasteiger partial charge in [0, 0.05) is 31.6 Å². The fourth-order valence-electron chi connectivity index (χ4n) is 4.32. The lowest BCUT2D eigenvalue weighted by Gasteiger charge is -2.29. The van der Waals surface area contributed by atoms with Gasteiger partial charge in [0.05, 0.1) is 22.5 Å². The van der Waals surface area contributed by atoms with Gasteiger partial charge in [0.15, 0.2) is 5.75 Å². The Morgan fingerprint density at radius 3 is 2.70 bits per heavy atom. The molecule has 0 unspecified atom stereocenters. The van der Waals surface area contributed by atoms with Crippen LogP contribution in [0, 0.1) is 12.8 Å². The van der Waals surface area contributed by atoms with Crippen LogP contribution in [0.25, 0.3) is 0 Å². The van der Waals surface area contributed by atoms with Crippen molar-refractivity contribution in [2.75, 3.05) is 31.1 Å². The molecule has 2 aliphatic rings. The van der Waals surface area contributed by atoms with Gasteiger partial charge in [0.2, 0.25) is 0 Å². The quantitative estimate of drug-likeness (QED) is 0.714. The number of hydrogen-bond donors (Lipinski definition) is 2.